The number of carboxylic acid groups (broad SMARTS) is 2. The molecule has 0 spiro atoms. The molecule has 0 fully saturated rings. The molecule has 0 aliphatic rings. The molecule has 0 radical (unpaired) electrons. The number of carbonyl (C=O) groups is 2. The maximum atomic E-state index is 9.74. The van der Waals surface area contributed by atoms with Gasteiger partial charge in [-0.25, -0.2) is 0 Å². The van der Waals surface area contributed by atoms with E-state index in [9.17, 15) is 19.8 Å². The van der Waals surface area contributed by atoms with Crippen molar-refractivity contribution < 1.29 is 47.1 Å². The average Bonchev–Trinajstić information content (AvgIpc) is 2.15. The van der Waals surface area contributed by atoms with Crippen molar-refractivity contribution >= 4 is 102 Å². The van der Waals surface area contributed by atoms with Gasteiger partial charge in [-0.05, 0) is 53.3 Å². The number of hydrogen-bond donors (Lipinski definition) is 0. The summed E-state index contributed by atoms with van der Waals surface area (Å²) in [6, 6.07) is 0. The Morgan fingerprint density at radius 3 is 1.07 bits per heavy atom. The van der Waals surface area contributed by atoms with E-state index in [0.29, 0.717) is 0 Å². The molecule has 0 heterocycles. The van der Waals surface area contributed by atoms with Gasteiger partial charge in [-0.15, -0.1) is 0 Å². The Balaban J connectivity index is -0.000000180. The van der Waals surface area contributed by atoms with E-state index in [0.717, 1.165) is 0 Å². The van der Waals surface area contributed by atoms with Crippen LogP contribution in [0.25, 0.3) is 0 Å². The fourth-order valence-corrected chi connectivity index (χ4v) is 0.598. The largest absolute Gasteiger partial charge is 2.00 e. The first-order chi connectivity index (χ1) is 6.36. The summed E-state index contributed by atoms with van der Waals surface area (Å²) >= 11 is 7.05. The quantitative estimate of drug-likeness (QED) is 0.239. The molecular weight excluding hydrogens is 756 g/mol. The standard InChI is InChI=1S/2C3H2I2O2.Cd/c2*4-1-2(5)3(6)7;/h2*1H,(H,6,7);/q;;+2/p-2. The molecule has 0 aromatic heterocycles. The molecule has 9 heteroatoms. The fraction of sp³-hybridized carbons (Fsp3) is 0. The van der Waals surface area contributed by atoms with E-state index < -0.39 is 11.9 Å². The van der Waals surface area contributed by atoms with Crippen molar-refractivity contribution in [3.8, 4) is 0 Å². The Bertz CT molecular complexity index is 248. The van der Waals surface area contributed by atoms with Gasteiger partial charge in [-0.2, -0.15) is 0 Å². The molecule has 0 N–H and O–H groups in total. The Labute approximate surface area is 161 Å². The number of hydrogen-bond acceptors (Lipinski definition) is 4. The first-order valence-corrected chi connectivity index (χ1v) is 7.36. The zero-order valence-corrected chi connectivity index (χ0v) is 19.7. The maximum absolute atomic E-state index is 9.74. The van der Waals surface area contributed by atoms with Gasteiger partial charge >= 0.3 is 27.3 Å². The van der Waals surface area contributed by atoms with Gasteiger partial charge in [0.1, 0.15) is 0 Å². The van der Waals surface area contributed by atoms with Crippen molar-refractivity contribution in [1.29, 1.82) is 0 Å². The van der Waals surface area contributed by atoms with Gasteiger partial charge in [0.05, 0.1) is 11.9 Å². The molecule has 4 nitrogen and oxygen atoms in total. The van der Waals surface area contributed by atoms with E-state index in [1.165, 1.54) is 8.17 Å². The normalized spacial score (nSPS) is 10.7. The van der Waals surface area contributed by atoms with E-state index in [2.05, 4.69) is 0 Å². The molecule has 0 bridgehead atoms. The Morgan fingerprint density at radius 1 is 0.867 bits per heavy atom. The summed E-state index contributed by atoms with van der Waals surface area (Å²) in [6.07, 6.45) is 0. The van der Waals surface area contributed by atoms with Gasteiger partial charge in [0, 0.05) is 7.16 Å². The SMILES string of the molecule is O=C([O-])C(I)=CI.O=C([O-])C(I)=CI.[Cd+2]. The predicted octanol–water partition coefficient (Wildman–Crippen LogP) is 0.893. The van der Waals surface area contributed by atoms with E-state index >= 15 is 0 Å². The fourth-order valence-electron chi connectivity index (χ4n) is 0.0891. The van der Waals surface area contributed by atoms with Gasteiger partial charge in [-0.3, -0.25) is 0 Å². The molecule has 0 rings (SSSR count). The second-order valence-electron chi connectivity index (χ2n) is 1.49. The third-order valence-electron chi connectivity index (χ3n) is 0.582. The minimum Gasteiger partial charge on any atom is -0.544 e. The molecular formula is C6H2CdI4O4. The topological polar surface area (TPSA) is 80.3 Å². The summed E-state index contributed by atoms with van der Waals surface area (Å²) < 4.78 is 3.37. The number of aliphatic carboxylic acids is 2. The summed E-state index contributed by atoms with van der Waals surface area (Å²) in [4.78, 5) is 19.5. The second-order valence-corrected chi connectivity index (χ2v) is 5.06. The molecule has 0 aromatic rings. The van der Waals surface area contributed by atoms with Crippen LogP contribution in [0.3, 0.4) is 0 Å². The van der Waals surface area contributed by atoms with Gasteiger partial charge in [0.2, 0.25) is 0 Å². The molecule has 0 saturated heterocycles. The zero-order valence-electron chi connectivity index (χ0n) is 7.01. The third-order valence-corrected chi connectivity index (χ3v) is 5.71. The van der Waals surface area contributed by atoms with E-state index in [4.69, 9.17) is 0 Å². The van der Waals surface area contributed by atoms with Crippen molar-refractivity contribution in [2.75, 3.05) is 0 Å². The molecule has 0 unspecified atom stereocenters. The average molecular weight is 758 g/mol. The van der Waals surface area contributed by atoms with Gasteiger partial charge in [0.25, 0.3) is 0 Å². The number of carbonyl (C=O) groups excluding carboxylic acids is 2. The number of halogens is 4. The van der Waals surface area contributed by atoms with Crippen LogP contribution in [0.15, 0.2) is 15.3 Å². The monoisotopic (exact) mass is 760 g/mol. The molecule has 0 aliphatic heterocycles. The summed E-state index contributed by atoms with van der Waals surface area (Å²) in [5.74, 6) is -2.23. The summed E-state index contributed by atoms with van der Waals surface area (Å²) in [7, 11) is 0. The number of carboxylic acids is 2. The molecule has 0 amide bonds. The molecule has 0 atom stereocenters. The van der Waals surface area contributed by atoms with Crippen LogP contribution in [0.5, 0.6) is 0 Å². The second kappa shape index (κ2) is 14.3. The first-order valence-electron chi connectivity index (χ1n) is 2.71. The van der Waals surface area contributed by atoms with Crippen LogP contribution in [0.2, 0.25) is 0 Å². The molecule has 0 saturated carbocycles. The minimum absolute atomic E-state index is 0. The third kappa shape index (κ3) is 16.3. The molecule has 15 heavy (non-hydrogen) atoms. The summed E-state index contributed by atoms with van der Waals surface area (Å²) in [6.45, 7) is 0. The molecule has 0 aliphatic carbocycles. The van der Waals surface area contributed by atoms with Crippen molar-refractivity contribution in [3.05, 3.63) is 15.3 Å². The Hall–Kier alpha value is 2.26. The van der Waals surface area contributed by atoms with E-state index in [-0.39, 0.29) is 34.5 Å². The van der Waals surface area contributed by atoms with Crippen molar-refractivity contribution in [1.82, 2.24) is 0 Å². The first kappa shape index (κ1) is 22.4. The van der Waals surface area contributed by atoms with Crippen LogP contribution < -0.4 is 10.2 Å². The maximum Gasteiger partial charge on any atom is 2.00 e. The Morgan fingerprint density at radius 2 is 1.07 bits per heavy atom. The van der Waals surface area contributed by atoms with Gasteiger partial charge < -0.3 is 19.8 Å². The van der Waals surface area contributed by atoms with Crippen LogP contribution in [-0.2, 0) is 36.9 Å². The summed E-state index contributed by atoms with van der Waals surface area (Å²) in [5.41, 5.74) is 0. The van der Waals surface area contributed by atoms with E-state index in [1.807, 2.05) is 45.2 Å². The summed E-state index contributed by atoms with van der Waals surface area (Å²) in [5, 5.41) is 19.5. The van der Waals surface area contributed by atoms with Gasteiger partial charge in [0.15, 0.2) is 0 Å². The Kier molecular flexibility index (Phi) is 21.4. The van der Waals surface area contributed by atoms with E-state index in [1.54, 1.807) is 45.2 Å². The van der Waals surface area contributed by atoms with Crippen molar-refractivity contribution in [3.63, 3.8) is 0 Å². The zero-order chi connectivity index (χ0) is 11.7. The van der Waals surface area contributed by atoms with Crippen LogP contribution in [-0.4, -0.2) is 11.9 Å². The van der Waals surface area contributed by atoms with Gasteiger partial charge in [-0.1, -0.05) is 45.2 Å². The molecule has 80 valence electrons. The smallest absolute Gasteiger partial charge is 0.544 e. The minimum atomic E-state index is -1.12. The number of rotatable bonds is 2. The van der Waals surface area contributed by atoms with Crippen molar-refractivity contribution in [2.24, 2.45) is 0 Å². The van der Waals surface area contributed by atoms with Crippen molar-refractivity contribution in [2.45, 2.75) is 0 Å². The predicted molar refractivity (Wildman–Crippen MR) is 82.3 cm³/mol. The molecule has 0 aromatic carbocycles. The van der Waals surface area contributed by atoms with Crippen LogP contribution in [0, 0.1) is 0 Å². The van der Waals surface area contributed by atoms with Crippen LogP contribution in [0.4, 0.5) is 0 Å². The van der Waals surface area contributed by atoms with Crippen LogP contribution >= 0.6 is 90.4 Å². The van der Waals surface area contributed by atoms with Crippen LogP contribution in [0.1, 0.15) is 0 Å².